The molecular formula is C11H10F2N2O. The highest BCUT2D eigenvalue weighted by molar-refractivity contribution is 5.80. The average molecular weight is 224 g/mol. The fourth-order valence-electron chi connectivity index (χ4n) is 1.55. The lowest BCUT2D eigenvalue weighted by Crippen LogP contribution is -2.02. The zero-order valence-electron chi connectivity index (χ0n) is 8.63. The van der Waals surface area contributed by atoms with Crippen molar-refractivity contribution in [2.45, 2.75) is 6.54 Å². The molecule has 0 aliphatic rings. The summed E-state index contributed by atoms with van der Waals surface area (Å²) in [6, 6.07) is 3.49. The third kappa shape index (κ3) is 1.69. The van der Waals surface area contributed by atoms with Crippen LogP contribution in [0.4, 0.5) is 8.78 Å². The van der Waals surface area contributed by atoms with Crippen molar-refractivity contribution in [1.29, 1.82) is 0 Å². The van der Waals surface area contributed by atoms with Crippen LogP contribution in [0.1, 0.15) is 5.56 Å². The third-order valence-electron chi connectivity index (χ3n) is 2.30. The molecular weight excluding hydrogens is 214 g/mol. The Morgan fingerprint density at radius 2 is 2.06 bits per heavy atom. The van der Waals surface area contributed by atoms with E-state index >= 15 is 0 Å². The second-order valence-corrected chi connectivity index (χ2v) is 3.32. The lowest BCUT2D eigenvalue weighted by atomic mass is 10.1. The zero-order valence-corrected chi connectivity index (χ0v) is 8.63. The van der Waals surface area contributed by atoms with Gasteiger partial charge in [0, 0.05) is 29.6 Å². The topological polar surface area (TPSA) is 48.1 Å². The van der Waals surface area contributed by atoms with Gasteiger partial charge in [-0.1, -0.05) is 0 Å². The number of aromatic nitrogens is 1. The number of pyridine rings is 1. The Morgan fingerprint density at radius 3 is 2.69 bits per heavy atom. The smallest absolute Gasteiger partial charge is 0.218 e. The summed E-state index contributed by atoms with van der Waals surface area (Å²) < 4.78 is 31.4. The summed E-state index contributed by atoms with van der Waals surface area (Å²) in [6.07, 6.45) is 0. The van der Waals surface area contributed by atoms with E-state index in [4.69, 9.17) is 10.5 Å². The normalized spacial score (nSPS) is 10.8. The first-order valence-corrected chi connectivity index (χ1v) is 4.68. The van der Waals surface area contributed by atoms with Crippen LogP contribution in [0.25, 0.3) is 10.9 Å². The SMILES string of the molecule is COc1nc2cc(F)cc(F)c2cc1CN. The van der Waals surface area contributed by atoms with Crippen molar-refractivity contribution in [2.75, 3.05) is 7.11 Å². The molecule has 2 aromatic rings. The predicted molar refractivity (Wildman–Crippen MR) is 56.1 cm³/mol. The van der Waals surface area contributed by atoms with Gasteiger partial charge in [-0.05, 0) is 6.07 Å². The van der Waals surface area contributed by atoms with Gasteiger partial charge in [-0.25, -0.2) is 13.8 Å². The Bertz CT molecular complexity index is 543. The van der Waals surface area contributed by atoms with Gasteiger partial charge in [-0.3, -0.25) is 0 Å². The predicted octanol–water partition coefficient (Wildman–Crippen LogP) is 1.98. The van der Waals surface area contributed by atoms with Crippen LogP contribution in [0.2, 0.25) is 0 Å². The molecule has 0 radical (unpaired) electrons. The van der Waals surface area contributed by atoms with Crippen molar-refractivity contribution in [3.8, 4) is 5.88 Å². The first-order valence-electron chi connectivity index (χ1n) is 4.68. The fourth-order valence-corrected chi connectivity index (χ4v) is 1.55. The van der Waals surface area contributed by atoms with Gasteiger partial charge in [0.1, 0.15) is 11.6 Å². The quantitative estimate of drug-likeness (QED) is 0.848. The molecule has 0 fully saturated rings. The second-order valence-electron chi connectivity index (χ2n) is 3.32. The van der Waals surface area contributed by atoms with E-state index in [2.05, 4.69) is 4.98 Å². The molecule has 0 atom stereocenters. The highest BCUT2D eigenvalue weighted by atomic mass is 19.1. The Morgan fingerprint density at radius 1 is 1.31 bits per heavy atom. The lowest BCUT2D eigenvalue weighted by Gasteiger charge is -2.08. The maximum Gasteiger partial charge on any atom is 0.218 e. The van der Waals surface area contributed by atoms with E-state index in [1.165, 1.54) is 13.2 Å². The molecule has 1 aromatic carbocycles. The number of fused-ring (bicyclic) bond motifs is 1. The van der Waals surface area contributed by atoms with Crippen LogP contribution in [0.15, 0.2) is 18.2 Å². The van der Waals surface area contributed by atoms with E-state index in [9.17, 15) is 8.78 Å². The van der Waals surface area contributed by atoms with Crippen molar-refractivity contribution in [3.63, 3.8) is 0 Å². The van der Waals surface area contributed by atoms with Crippen molar-refractivity contribution < 1.29 is 13.5 Å². The number of benzene rings is 1. The maximum absolute atomic E-state index is 13.4. The van der Waals surface area contributed by atoms with E-state index in [-0.39, 0.29) is 17.4 Å². The molecule has 16 heavy (non-hydrogen) atoms. The van der Waals surface area contributed by atoms with Gasteiger partial charge in [0.2, 0.25) is 5.88 Å². The molecule has 0 saturated carbocycles. The largest absolute Gasteiger partial charge is 0.481 e. The number of halogens is 2. The standard InChI is InChI=1S/C11H10F2N2O/c1-16-11-6(5-14)2-8-9(13)3-7(12)4-10(8)15-11/h2-4H,5,14H2,1H3. The first kappa shape index (κ1) is 10.8. The van der Waals surface area contributed by atoms with Gasteiger partial charge in [-0.2, -0.15) is 0 Å². The van der Waals surface area contributed by atoms with Gasteiger partial charge in [0.25, 0.3) is 0 Å². The molecule has 2 rings (SSSR count). The third-order valence-corrected chi connectivity index (χ3v) is 2.30. The molecule has 0 amide bonds. The van der Waals surface area contributed by atoms with E-state index in [0.717, 1.165) is 12.1 Å². The molecule has 3 nitrogen and oxygen atoms in total. The van der Waals surface area contributed by atoms with E-state index < -0.39 is 11.6 Å². The van der Waals surface area contributed by atoms with Gasteiger partial charge in [0.05, 0.1) is 12.6 Å². The Hall–Kier alpha value is -1.75. The van der Waals surface area contributed by atoms with Crippen LogP contribution in [0.5, 0.6) is 5.88 Å². The lowest BCUT2D eigenvalue weighted by molar-refractivity contribution is 0.394. The second kappa shape index (κ2) is 4.02. The van der Waals surface area contributed by atoms with Crippen LogP contribution < -0.4 is 10.5 Å². The van der Waals surface area contributed by atoms with Crippen LogP contribution in [-0.2, 0) is 6.54 Å². The number of nitrogens with two attached hydrogens (primary N) is 1. The minimum Gasteiger partial charge on any atom is -0.481 e. The number of ether oxygens (including phenoxy) is 1. The number of hydrogen-bond donors (Lipinski definition) is 1. The van der Waals surface area contributed by atoms with Crippen LogP contribution in [0, 0.1) is 11.6 Å². The van der Waals surface area contributed by atoms with Crippen LogP contribution >= 0.6 is 0 Å². The van der Waals surface area contributed by atoms with Gasteiger partial charge < -0.3 is 10.5 Å². The van der Waals surface area contributed by atoms with Crippen molar-refractivity contribution in [3.05, 3.63) is 35.4 Å². The Labute approximate surface area is 90.8 Å². The molecule has 0 saturated heterocycles. The van der Waals surface area contributed by atoms with E-state index in [0.29, 0.717) is 11.4 Å². The number of rotatable bonds is 2. The average Bonchev–Trinajstić information content (AvgIpc) is 2.27. The summed E-state index contributed by atoms with van der Waals surface area (Å²) in [4.78, 5) is 4.00. The Kier molecular flexibility index (Phi) is 2.70. The molecule has 0 aliphatic heterocycles. The molecule has 2 N–H and O–H groups in total. The number of hydrogen-bond acceptors (Lipinski definition) is 3. The Balaban J connectivity index is 2.78. The molecule has 0 aliphatic carbocycles. The molecule has 0 spiro atoms. The van der Waals surface area contributed by atoms with Gasteiger partial charge in [0.15, 0.2) is 0 Å². The summed E-state index contributed by atoms with van der Waals surface area (Å²) in [7, 11) is 1.43. The molecule has 0 unspecified atom stereocenters. The minimum absolute atomic E-state index is 0.183. The van der Waals surface area contributed by atoms with Gasteiger partial charge in [-0.15, -0.1) is 0 Å². The van der Waals surface area contributed by atoms with E-state index in [1.54, 1.807) is 0 Å². The molecule has 0 bridgehead atoms. The molecule has 5 heteroatoms. The number of methoxy groups -OCH3 is 1. The summed E-state index contributed by atoms with van der Waals surface area (Å²) in [5.41, 5.74) is 6.28. The highest BCUT2D eigenvalue weighted by Gasteiger charge is 2.10. The summed E-state index contributed by atoms with van der Waals surface area (Å²) in [5, 5.41) is 0.239. The van der Waals surface area contributed by atoms with Crippen LogP contribution in [0.3, 0.4) is 0 Å². The van der Waals surface area contributed by atoms with E-state index in [1.807, 2.05) is 0 Å². The molecule has 1 aromatic heterocycles. The zero-order chi connectivity index (χ0) is 11.7. The summed E-state index contributed by atoms with van der Waals surface area (Å²) in [6.45, 7) is 0.183. The first-order chi connectivity index (χ1) is 7.65. The highest BCUT2D eigenvalue weighted by Crippen LogP contribution is 2.24. The summed E-state index contributed by atoms with van der Waals surface area (Å²) in [5.74, 6) is -1.03. The summed E-state index contributed by atoms with van der Waals surface area (Å²) >= 11 is 0. The molecule has 1 heterocycles. The van der Waals surface area contributed by atoms with Crippen molar-refractivity contribution in [1.82, 2.24) is 4.98 Å². The van der Waals surface area contributed by atoms with Crippen LogP contribution in [-0.4, -0.2) is 12.1 Å². The van der Waals surface area contributed by atoms with Gasteiger partial charge >= 0.3 is 0 Å². The minimum atomic E-state index is -0.667. The van der Waals surface area contributed by atoms with Crippen molar-refractivity contribution >= 4 is 10.9 Å². The fraction of sp³-hybridized carbons (Fsp3) is 0.182. The monoisotopic (exact) mass is 224 g/mol. The van der Waals surface area contributed by atoms with Crippen molar-refractivity contribution in [2.24, 2.45) is 5.73 Å². The molecule has 84 valence electrons. The maximum atomic E-state index is 13.4. The number of nitrogens with zero attached hydrogens (tertiary/aromatic N) is 1.